The minimum atomic E-state index is -4.95. The van der Waals surface area contributed by atoms with E-state index in [2.05, 4.69) is 48.5 Å². The van der Waals surface area contributed by atoms with Crippen LogP contribution in [0.25, 0.3) is 0 Å². The van der Waals surface area contributed by atoms with Crippen LogP contribution in [-0.4, -0.2) is 96.7 Å². The summed E-state index contributed by atoms with van der Waals surface area (Å²) in [6.45, 7) is 11.8. The molecule has 17 nitrogen and oxygen atoms in total. The summed E-state index contributed by atoms with van der Waals surface area (Å²) in [7, 11) is -9.89. The number of aliphatic hydroxyl groups excluding tert-OH is 1. The Balaban J connectivity index is 5.16. The van der Waals surface area contributed by atoms with Crippen molar-refractivity contribution in [2.75, 3.05) is 39.6 Å². The summed E-state index contributed by atoms with van der Waals surface area (Å²) >= 11 is 0. The fourth-order valence-corrected chi connectivity index (χ4v) is 11.9. The van der Waals surface area contributed by atoms with Crippen LogP contribution in [-0.2, 0) is 65.4 Å². The van der Waals surface area contributed by atoms with Crippen LogP contribution in [0.5, 0.6) is 0 Å². The Morgan fingerprint density at radius 3 is 0.864 bits per heavy atom. The molecule has 3 unspecified atom stereocenters. The van der Waals surface area contributed by atoms with Gasteiger partial charge < -0.3 is 33.8 Å². The number of carbonyl (C=O) groups is 4. The Hall–Kier alpha value is -1.94. The van der Waals surface area contributed by atoms with Crippen LogP contribution in [0, 0.1) is 17.8 Å². The molecule has 0 fully saturated rings. The molecule has 522 valence electrons. The number of esters is 4. The topological polar surface area (TPSA) is 237 Å². The third kappa shape index (κ3) is 61.6. The van der Waals surface area contributed by atoms with Crippen molar-refractivity contribution in [1.82, 2.24) is 0 Å². The van der Waals surface area contributed by atoms with Gasteiger partial charge in [0.1, 0.15) is 19.3 Å². The number of hydrogen-bond acceptors (Lipinski definition) is 15. The molecule has 0 aliphatic heterocycles. The molecule has 0 aromatic heterocycles. The van der Waals surface area contributed by atoms with Crippen molar-refractivity contribution >= 4 is 39.5 Å². The molecule has 0 aromatic rings. The highest BCUT2D eigenvalue weighted by atomic mass is 31.2. The van der Waals surface area contributed by atoms with Crippen LogP contribution in [0.4, 0.5) is 0 Å². The molecule has 0 spiro atoms. The van der Waals surface area contributed by atoms with Crippen LogP contribution in [0.2, 0.25) is 0 Å². The van der Waals surface area contributed by atoms with Crippen molar-refractivity contribution in [2.24, 2.45) is 17.8 Å². The predicted molar refractivity (Wildman–Crippen MR) is 354 cm³/mol. The highest BCUT2D eigenvalue weighted by molar-refractivity contribution is 7.47. The molecule has 0 amide bonds. The summed E-state index contributed by atoms with van der Waals surface area (Å²) in [4.78, 5) is 72.2. The van der Waals surface area contributed by atoms with Gasteiger partial charge in [-0.25, -0.2) is 9.13 Å². The molecule has 0 bridgehead atoms. The summed E-state index contributed by atoms with van der Waals surface area (Å²) < 4.78 is 68.0. The van der Waals surface area contributed by atoms with Gasteiger partial charge in [-0.1, -0.05) is 292 Å². The normalized spacial score (nSPS) is 14.5. The number of phosphoric acid groups is 2. The zero-order chi connectivity index (χ0) is 65.2. The van der Waals surface area contributed by atoms with Crippen LogP contribution in [0.15, 0.2) is 0 Å². The molecule has 0 saturated carbocycles. The molecule has 6 atom stereocenters. The van der Waals surface area contributed by atoms with Gasteiger partial charge in [-0.15, -0.1) is 0 Å². The van der Waals surface area contributed by atoms with Crippen molar-refractivity contribution < 1.29 is 80.2 Å². The number of phosphoric ester groups is 2. The van der Waals surface area contributed by atoms with Crippen LogP contribution in [0.3, 0.4) is 0 Å². The van der Waals surface area contributed by atoms with Gasteiger partial charge in [0.2, 0.25) is 0 Å². The minimum absolute atomic E-state index is 0.103. The molecule has 19 heteroatoms. The number of carbonyl (C=O) groups excluding carboxylic acids is 4. The van der Waals surface area contributed by atoms with Crippen LogP contribution < -0.4 is 0 Å². The number of aliphatic hydroxyl groups is 1. The van der Waals surface area contributed by atoms with Gasteiger partial charge in [0.15, 0.2) is 12.2 Å². The first-order valence-electron chi connectivity index (χ1n) is 35.9. The smallest absolute Gasteiger partial charge is 0.462 e. The Kier molecular flexibility index (Phi) is 58.7. The van der Waals surface area contributed by atoms with Gasteiger partial charge in [0.05, 0.1) is 26.4 Å². The summed E-state index contributed by atoms with van der Waals surface area (Å²) in [5.74, 6) is 0.196. The summed E-state index contributed by atoms with van der Waals surface area (Å²) in [6, 6.07) is 0. The maximum atomic E-state index is 13.0. The SMILES string of the molecule is CCCCCCCC(=O)OC[C@H](COP(=O)(O)OC[C@H](O)COP(=O)(O)OC[C@@H](COC(=O)CCCCCCCCCCCCCC(C)C)OC(=O)CCCCCCCCCCCCCCCCC(C)CC)OC(=O)CCCCCCCCCCC(C)C. The Morgan fingerprint density at radius 2 is 0.580 bits per heavy atom. The van der Waals surface area contributed by atoms with E-state index in [0.29, 0.717) is 25.7 Å². The Morgan fingerprint density at radius 1 is 0.330 bits per heavy atom. The second-order valence-corrected chi connectivity index (χ2v) is 29.0. The predicted octanol–water partition coefficient (Wildman–Crippen LogP) is 19.5. The van der Waals surface area contributed by atoms with Gasteiger partial charge in [0.25, 0.3) is 0 Å². The monoisotopic (exact) mass is 1300 g/mol. The highest BCUT2D eigenvalue weighted by Gasteiger charge is 2.30. The lowest BCUT2D eigenvalue weighted by Gasteiger charge is -2.21. The molecular formula is C69H134O17P2. The van der Waals surface area contributed by atoms with E-state index in [1.54, 1.807) is 0 Å². The van der Waals surface area contributed by atoms with Crippen molar-refractivity contribution in [3.05, 3.63) is 0 Å². The summed E-state index contributed by atoms with van der Waals surface area (Å²) in [5.41, 5.74) is 0. The quantitative estimate of drug-likeness (QED) is 0.0222. The highest BCUT2D eigenvalue weighted by Crippen LogP contribution is 2.45. The number of hydrogen-bond donors (Lipinski definition) is 3. The van der Waals surface area contributed by atoms with Crippen molar-refractivity contribution in [3.63, 3.8) is 0 Å². The molecular weight excluding hydrogens is 1160 g/mol. The molecule has 0 aromatic carbocycles. The van der Waals surface area contributed by atoms with E-state index < -0.39 is 97.5 Å². The van der Waals surface area contributed by atoms with Crippen molar-refractivity contribution in [2.45, 2.75) is 362 Å². The van der Waals surface area contributed by atoms with E-state index in [0.717, 1.165) is 114 Å². The van der Waals surface area contributed by atoms with Crippen molar-refractivity contribution in [1.29, 1.82) is 0 Å². The third-order valence-corrected chi connectivity index (χ3v) is 18.1. The molecule has 0 heterocycles. The van der Waals surface area contributed by atoms with Gasteiger partial charge in [-0.3, -0.25) is 37.3 Å². The number of ether oxygens (including phenoxy) is 4. The minimum Gasteiger partial charge on any atom is -0.462 e. The van der Waals surface area contributed by atoms with Gasteiger partial charge in [-0.05, 0) is 43.4 Å². The Bertz CT molecular complexity index is 1730. The van der Waals surface area contributed by atoms with Gasteiger partial charge in [0, 0.05) is 25.7 Å². The number of rotatable bonds is 67. The average Bonchev–Trinajstić information content (AvgIpc) is 3.70. The molecule has 0 radical (unpaired) electrons. The summed E-state index contributed by atoms with van der Waals surface area (Å²) in [5, 5.41) is 10.5. The number of unbranched alkanes of at least 4 members (excludes halogenated alkanes) is 34. The van der Waals surface area contributed by atoms with Gasteiger partial charge >= 0.3 is 39.5 Å². The second-order valence-electron chi connectivity index (χ2n) is 26.1. The van der Waals surface area contributed by atoms with E-state index in [-0.39, 0.29) is 25.7 Å². The molecule has 88 heavy (non-hydrogen) atoms. The first-order valence-corrected chi connectivity index (χ1v) is 38.9. The lowest BCUT2D eigenvalue weighted by molar-refractivity contribution is -0.161. The lowest BCUT2D eigenvalue weighted by atomic mass is 9.99. The molecule has 0 aliphatic rings. The molecule has 3 N–H and O–H groups in total. The Labute approximate surface area is 537 Å². The first kappa shape index (κ1) is 86.1. The maximum absolute atomic E-state index is 13.0. The molecule has 0 saturated heterocycles. The summed E-state index contributed by atoms with van der Waals surface area (Å²) in [6.07, 6.45) is 43.4. The molecule has 0 rings (SSSR count). The van der Waals surface area contributed by atoms with Crippen molar-refractivity contribution in [3.8, 4) is 0 Å². The lowest BCUT2D eigenvalue weighted by Crippen LogP contribution is -2.30. The van der Waals surface area contributed by atoms with E-state index in [4.69, 9.17) is 37.0 Å². The second kappa shape index (κ2) is 60.0. The van der Waals surface area contributed by atoms with E-state index in [1.807, 2.05) is 0 Å². The fraction of sp³-hybridized carbons (Fsp3) is 0.942. The maximum Gasteiger partial charge on any atom is 0.472 e. The third-order valence-electron chi connectivity index (χ3n) is 16.2. The largest absolute Gasteiger partial charge is 0.472 e. The first-order chi connectivity index (χ1) is 42.3. The fourth-order valence-electron chi connectivity index (χ4n) is 10.3. The zero-order valence-electron chi connectivity index (χ0n) is 57.2. The van der Waals surface area contributed by atoms with Crippen LogP contribution in [0.1, 0.15) is 344 Å². The van der Waals surface area contributed by atoms with E-state index >= 15 is 0 Å². The van der Waals surface area contributed by atoms with Crippen LogP contribution >= 0.6 is 15.6 Å². The van der Waals surface area contributed by atoms with E-state index in [1.165, 1.54) is 148 Å². The average molecular weight is 1300 g/mol. The van der Waals surface area contributed by atoms with Gasteiger partial charge in [-0.2, -0.15) is 0 Å². The van der Waals surface area contributed by atoms with E-state index in [9.17, 15) is 43.2 Å². The standard InChI is InChI=1S/C69H134O17P2/c1-8-10-11-33-43-50-66(71)79-56-64(85-69(74)53-46-39-32-26-25-28-35-41-48-61(5)6)58-83-87(75,76)81-54-63(70)55-82-88(77,78)84-59-65(57-80-67(72)51-44-37-30-23-20-16-17-21-27-34-40-47-60(3)4)86-68(73)52-45-38-31-24-19-15-13-12-14-18-22-29-36-42-49-62(7)9-2/h60-65,70H,8-59H2,1-7H3,(H,75,76)(H,77,78)/t62?,63-,64+,65+/m0/s1. The zero-order valence-corrected chi connectivity index (χ0v) is 59.0. The molecule has 0 aliphatic carbocycles.